The predicted octanol–water partition coefficient (Wildman–Crippen LogP) is 3.98. The fraction of sp³-hybridized carbons (Fsp3) is 0.0952. The smallest absolute Gasteiger partial charge is 0.339 e. The highest BCUT2D eigenvalue weighted by atomic mass is 16.7. The van der Waals surface area contributed by atoms with Gasteiger partial charge >= 0.3 is 5.97 Å². The molecular weight excluding hydrogens is 360 g/mol. The first-order chi connectivity index (χ1) is 13.8. The number of carbonyl (C=O) groups is 1. The summed E-state index contributed by atoms with van der Waals surface area (Å²) in [4.78, 5) is 16.8. The average molecular weight is 374 g/mol. The minimum absolute atomic E-state index is 0.112. The van der Waals surface area contributed by atoms with Gasteiger partial charge in [0.1, 0.15) is 0 Å². The summed E-state index contributed by atoms with van der Waals surface area (Å²) in [5.41, 5.74) is 1.22. The summed E-state index contributed by atoms with van der Waals surface area (Å²) in [6.07, 6.45) is 0. The van der Waals surface area contributed by atoms with Gasteiger partial charge in [0.05, 0.1) is 5.56 Å². The molecular formula is C21H14N2O5. The SMILES string of the molecule is O=C(OCc1nc(-c2ccc3c(c2)OCO3)no1)c1cccc2ccccc12. The van der Waals surface area contributed by atoms with Crippen molar-refractivity contribution in [2.75, 3.05) is 6.79 Å². The van der Waals surface area contributed by atoms with Crippen LogP contribution in [0, 0.1) is 0 Å². The van der Waals surface area contributed by atoms with E-state index in [4.69, 9.17) is 18.7 Å². The molecule has 1 aromatic heterocycles. The summed E-state index contributed by atoms with van der Waals surface area (Å²) in [6.45, 7) is 0.0833. The molecule has 1 aliphatic heterocycles. The van der Waals surface area contributed by atoms with Crippen LogP contribution in [-0.4, -0.2) is 22.9 Å². The third-order valence-electron chi connectivity index (χ3n) is 4.44. The lowest BCUT2D eigenvalue weighted by molar-refractivity contribution is 0.0432. The molecule has 4 aromatic rings. The number of fused-ring (bicyclic) bond motifs is 2. The summed E-state index contributed by atoms with van der Waals surface area (Å²) in [5, 5.41) is 5.75. The van der Waals surface area contributed by atoms with Gasteiger partial charge in [-0.15, -0.1) is 0 Å². The van der Waals surface area contributed by atoms with E-state index in [0.29, 0.717) is 22.9 Å². The van der Waals surface area contributed by atoms with Crippen molar-refractivity contribution in [3.05, 3.63) is 72.1 Å². The van der Waals surface area contributed by atoms with Crippen molar-refractivity contribution >= 4 is 16.7 Å². The van der Waals surface area contributed by atoms with Crippen LogP contribution in [0.3, 0.4) is 0 Å². The lowest BCUT2D eigenvalue weighted by Gasteiger charge is -2.05. The van der Waals surface area contributed by atoms with Gasteiger partial charge in [-0.3, -0.25) is 0 Å². The van der Waals surface area contributed by atoms with Crippen LogP contribution in [0.25, 0.3) is 22.2 Å². The molecule has 0 radical (unpaired) electrons. The lowest BCUT2D eigenvalue weighted by Crippen LogP contribution is -2.06. The Labute approximate surface area is 159 Å². The molecule has 0 bridgehead atoms. The Morgan fingerprint density at radius 3 is 2.82 bits per heavy atom. The van der Waals surface area contributed by atoms with Crippen LogP contribution in [0.5, 0.6) is 11.5 Å². The van der Waals surface area contributed by atoms with Gasteiger partial charge in [0.15, 0.2) is 18.1 Å². The highest BCUT2D eigenvalue weighted by molar-refractivity contribution is 6.04. The van der Waals surface area contributed by atoms with Gasteiger partial charge < -0.3 is 18.7 Å². The van der Waals surface area contributed by atoms with Crippen molar-refractivity contribution in [1.82, 2.24) is 10.1 Å². The second-order valence-electron chi connectivity index (χ2n) is 6.18. The number of hydrogen-bond acceptors (Lipinski definition) is 7. The third-order valence-corrected chi connectivity index (χ3v) is 4.44. The zero-order chi connectivity index (χ0) is 18.9. The molecule has 3 aromatic carbocycles. The van der Waals surface area contributed by atoms with E-state index in [0.717, 1.165) is 16.3 Å². The van der Waals surface area contributed by atoms with Crippen LogP contribution < -0.4 is 9.47 Å². The Bertz CT molecular complexity index is 1180. The normalized spacial score (nSPS) is 12.3. The average Bonchev–Trinajstić information content (AvgIpc) is 3.40. The minimum atomic E-state index is -0.445. The number of nitrogens with zero attached hydrogens (tertiary/aromatic N) is 2. The molecule has 0 unspecified atom stereocenters. The number of esters is 1. The van der Waals surface area contributed by atoms with Crippen molar-refractivity contribution in [2.45, 2.75) is 6.61 Å². The van der Waals surface area contributed by atoms with Gasteiger partial charge in [-0.2, -0.15) is 4.98 Å². The van der Waals surface area contributed by atoms with Crippen molar-refractivity contribution in [1.29, 1.82) is 0 Å². The first-order valence-electron chi connectivity index (χ1n) is 8.65. The molecule has 2 heterocycles. The largest absolute Gasteiger partial charge is 0.454 e. The molecule has 0 saturated carbocycles. The maximum Gasteiger partial charge on any atom is 0.339 e. The Morgan fingerprint density at radius 2 is 1.86 bits per heavy atom. The highest BCUT2D eigenvalue weighted by Gasteiger charge is 2.18. The van der Waals surface area contributed by atoms with E-state index in [1.54, 1.807) is 18.2 Å². The molecule has 138 valence electrons. The Hall–Kier alpha value is -3.87. The number of ether oxygens (including phenoxy) is 3. The molecule has 7 nitrogen and oxygen atoms in total. The zero-order valence-electron chi connectivity index (χ0n) is 14.6. The molecule has 7 heteroatoms. The molecule has 0 saturated heterocycles. The van der Waals surface area contributed by atoms with Crippen LogP contribution in [0.4, 0.5) is 0 Å². The summed E-state index contributed by atoms with van der Waals surface area (Å²) in [7, 11) is 0. The first-order valence-corrected chi connectivity index (χ1v) is 8.65. The van der Waals surface area contributed by atoms with E-state index in [1.807, 2.05) is 42.5 Å². The molecule has 0 fully saturated rings. The van der Waals surface area contributed by atoms with Gasteiger partial charge in [-0.1, -0.05) is 41.6 Å². The minimum Gasteiger partial charge on any atom is -0.454 e. The fourth-order valence-electron chi connectivity index (χ4n) is 3.07. The molecule has 0 aliphatic carbocycles. The van der Waals surface area contributed by atoms with Crippen LogP contribution in [0.15, 0.2) is 65.2 Å². The third kappa shape index (κ3) is 2.92. The van der Waals surface area contributed by atoms with Crippen molar-refractivity contribution < 1.29 is 23.5 Å². The lowest BCUT2D eigenvalue weighted by atomic mass is 10.1. The molecule has 0 amide bonds. The summed E-state index contributed by atoms with van der Waals surface area (Å²) < 4.78 is 21.2. The number of hydrogen-bond donors (Lipinski definition) is 0. The number of aromatic nitrogens is 2. The topological polar surface area (TPSA) is 83.7 Å². The summed E-state index contributed by atoms with van der Waals surface area (Å²) >= 11 is 0. The molecule has 28 heavy (non-hydrogen) atoms. The monoisotopic (exact) mass is 374 g/mol. The number of carbonyl (C=O) groups excluding carboxylic acids is 1. The molecule has 0 N–H and O–H groups in total. The molecule has 5 rings (SSSR count). The zero-order valence-corrected chi connectivity index (χ0v) is 14.6. The van der Waals surface area contributed by atoms with Gasteiger partial charge in [0.2, 0.25) is 12.6 Å². The van der Waals surface area contributed by atoms with Gasteiger partial charge in [-0.25, -0.2) is 4.79 Å². The summed E-state index contributed by atoms with van der Waals surface area (Å²) in [5.74, 6) is 1.46. The standard InChI is InChI=1S/C21H14N2O5/c24-21(16-7-3-5-13-4-1-2-6-15(13)16)25-11-19-22-20(23-28-19)14-8-9-17-18(10-14)27-12-26-17/h1-10H,11-12H2. The van der Waals surface area contributed by atoms with E-state index in [2.05, 4.69) is 10.1 Å². The fourth-order valence-corrected chi connectivity index (χ4v) is 3.07. The molecule has 0 spiro atoms. The quantitative estimate of drug-likeness (QED) is 0.500. The maximum absolute atomic E-state index is 12.5. The Morgan fingerprint density at radius 1 is 1.00 bits per heavy atom. The van der Waals surface area contributed by atoms with E-state index >= 15 is 0 Å². The number of benzene rings is 3. The summed E-state index contributed by atoms with van der Waals surface area (Å²) in [6, 6.07) is 18.5. The van der Waals surface area contributed by atoms with E-state index in [-0.39, 0.29) is 19.3 Å². The van der Waals surface area contributed by atoms with E-state index < -0.39 is 5.97 Å². The highest BCUT2D eigenvalue weighted by Crippen LogP contribution is 2.35. The van der Waals surface area contributed by atoms with Gasteiger partial charge in [0, 0.05) is 5.56 Å². The second-order valence-corrected chi connectivity index (χ2v) is 6.18. The molecule has 1 aliphatic rings. The van der Waals surface area contributed by atoms with Crippen LogP contribution in [0.2, 0.25) is 0 Å². The first kappa shape index (κ1) is 16.3. The number of rotatable bonds is 4. The maximum atomic E-state index is 12.5. The molecule has 0 atom stereocenters. The van der Waals surface area contributed by atoms with Crippen molar-refractivity contribution in [3.63, 3.8) is 0 Å². The van der Waals surface area contributed by atoms with Gasteiger partial charge in [-0.05, 0) is 35.0 Å². The Kier molecular flexibility index (Phi) is 3.90. The van der Waals surface area contributed by atoms with Crippen LogP contribution in [-0.2, 0) is 11.3 Å². The van der Waals surface area contributed by atoms with E-state index in [9.17, 15) is 4.79 Å². The predicted molar refractivity (Wildman–Crippen MR) is 98.9 cm³/mol. The van der Waals surface area contributed by atoms with Crippen molar-refractivity contribution in [2.24, 2.45) is 0 Å². The van der Waals surface area contributed by atoms with E-state index in [1.165, 1.54) is 0 Å². The second kappa shape index (κ2) is 6.70. The van der Waals surface area contributed by atoms with Gasteiger partial charge in [0.25, 0.3) is 5.89 Å². The van der Waals surface area contributed by atoms with Crippen LogP contribution >= 0.6 is 0 Å². The van der Waals surface area contributed by atoms with Crippen LogP contribution in [0.1, 0.15) is 16.2 Å². The Balaban J connectivity index is 1.32. The van der Waals surface area contributed by atoms with Crippen molar-refractivity contribution in [3.8, 4) is 22.9 Å².